The van der Waals surface area contributed by atoms with E-state index in [1.54, 1.807) is 0 Å². The molecule has 13 heavy (non-hydrogen) atoms. The van der Waals surface area contributed by atoms with Crippen LogP contribution >= 0.6 is 11.6 Å². The lowest BCUT2D eigenvalue weighted by Crippen LogP contribution is -2.22. The van der Waals surface area contributed by atoms with Crippen LogP contribution in [0, 0.1) is 0 Å². The van der Waals surface area contributed by atoms with E-state index in [0.29, 0.717) is 5.92 Å². The quantitative estimate of drug-likeness (QED) is 0.772. The number of halogens is 1. The summed E-state index contributed by atoms with van der Waals surface area (Å²) in [6, 6.07) is 8.03. The summed E-state index contributed by atoms with van der Waals surface area (Å²) in [5.41, 5.74) is 7.52. The van der Waals surface area contributed by atoms with Crippen molar-refractivity contribution in [2.24, 2.45) is 5.73 Å². The van der Waals surface area contributed by atoms with Gasteiger partial charge in [-0.1, -0.05) is 30.7 Å². The van der Waals surface area contributed by atoms with Crippen LogP contribution in [0.4, 0.5) is 0 Å². The van der Waals surface area contributed by atoms with Crippen molar-refractivity contribution < 1.29 is 0 Å². The Morgan fingerprint density at radius 3 is 2.54 bits per heavy atom. The predicted octanol–water partition coefficient (Wildman–Crippen LogP) is 2.93. The van der Waals surface area contributed by atoms with Crippen molar-refractivity contribution in [2.45, 2.75) is 31.2 Å². The van der Waals surface area contributed by atoms with E-state index in [2.05, 4.69) is 19.1 Å². The van der Waals surface area contributed by atoms with Gasteiger partial charge >= 0.3 is 0 Å². The van der Waals surface area contributed by atoms with E-state index in [1.165, 1.54) is 5.56 Å². The molecule has 1 aromatic rings. The van der Waals surface area contributed by atoms with Crippen molar-refractivity contribution in [1.29, 1.82) is 0 Å². The van der Waals surface area contributed by atoms with Crippen LogP contribution in [0.2, 0.25) is 5.02 Å². The molecule has 2 heteroatoms. The number of hydrogen-bond acceptors (Lipinski definition) is 1. The lowest BCUT2D eigenvalue weighted by Gasteiger charge is -2.07. The number of benzene rings is 1. The van der Waals surface area contributed by atoms with Gasteiger partial charge in [-0.05, 0) is 30.5 Å². The zero-order valence-electron chi connectivity index (χ0n) is 7.76. The maximum absolute atomic E-state index is 6.13. The van der Waals surface area contributed by atoms with E-state index in [4.69, 9.17) is 17.3 Å². The van der Waals surface area contributed by atoms with Gasteiger partial charge in [0.15, 0.2) is 0 Å². The summed E-state index contributed by atoms with van der Waals surface area (Å²) in [5.74, 6) is 0.551. The van der Waals surface area contributed by atoms with Crippen LogP contribution in [0.15, 0.2) is 24.3 Å². The summed E-state index contributed by atoms with van der Waals surface area (Å²) in [7, 11) is 0. The average Bonchev–Trinajstić information content (AvgIpc) is 2.81. The van der Waals surface area contributed by atoms with Crippen LogP contribution in [0.25, 0.3) is 0 Å². The van der Waals surface area contributed by atoms with E-state index < -0.39 is 0 Å². The second-order valence-electron chi connectivity index (χ2n) is 3.89. The van der Waals surface area contributed by atoms with Gasteiger partial charge in [0.2, 0.25) is 0 Å². The average molecular weight is 196 g/mol. The normalized spacial score (nSPS) is 31.8. The molecule has 0 aromatic heterocycles. The molecule has 1 saturated carbocycles. The van der Waals surface area contributed by atoms with Gasteiger partial charge in [-0.3, -0.25) is 0 Å². The van der Waals surface area contributed by atoms with Crippen molar-refractivity contribution in [3.63, 3.8) is 0 Å². The summed E-state index contributed by atoms with van der Waals surface area (Å²) in [5, 5.41) is 0.795. The fourth-order valence-electron chi connectivity index (χ4n) is 1.86. The predicted molar refractivity (Wildman–Crippen MR) is 56.0 cm³/mol. The maximum atomic E-state index is 6.13. The molecule has 0 unspecified atom stereocenters. The first-order chi connectivity index (χ1) is 6.15. The van der Waals surface area contributed by atoms with E-state index in [9.17, 15) is 0 Å². The van der Waals surface area contributed by atoms with Gasteiger partial charge in [0, 0.05) is 16.5 Å². The zero-order valence-corrected chi connectivity index (χ0v) is 8.51. The highest BCUT2D eigenvalue weighted by Gasteiger charge is 2.49. The number of rotatable bonds is 2. The topological polar surface area (TPSA) is 26.0 Å². The molecule has 1 aliphatic rings. The molecular formula is C11H14ClN. The summed E-state index contributed by atoms with van der Waals surface area (Å²) in [4.78, 5) is 0. The molecule has 0 radical (unpaired) electrons. The SMILES string of the molecule is CC[C@]1(N)C[C@@H]1c1ccc(Cl)cc1. The molecule has 0 spiro atoms. The third-order valence-corrected chi connectivity index (χ3v) is 3.30. The molecule has 1 nitrogen and oxygen atoms in total. The van der Waals surface area contributed by atoms with Crippen LogP contribution < -0.4 is 5.73 Å². The molecule has 0 saturated heterocycles. The fourth-order valence-corrected chi connectivity index (χ4v) is 1.98. The highest BCUT2D eigenvalue weighted by Crippen LogP contribution is 2.51. The Morgan fingerprint density at radius 1 is 1.46 bits per heavy atom. The van der Waals surface area contributed by atoms with Crippen molar-refractivity contribution in [3.05, 3.63) is 34.9 Å². The minimum Gasteiger partial charge on any atom is -0.325 e. The van der Waals surface area contributed by atoms with Crippen LogP contribution in [-0.2, 0) is 0 Å². The molecule has 70 valence electrons. The van der Waals surface area contributed by atoms with E-state index in [-0.39, 0.29) is 5.54 Å². The minimum atomic E-state index is 0.0633. The van der Waals surface area contributed by atoms with E-state index in [1.807, 2.05) is 12.1 Å². The van der Waals surface area contributed by atoms with Crippen LogP contribution in [0.5, 0.6) is 0 Å². The van der Waals surface area contributed by atoms with Crippen molar-refractivity contribution in [1.82, 2.24) is 0 Å². The summed E-state index contributed by atoms with van der Waals surface area (Å²) in [6.07, 6.45) is 2.17. The second kappa shape index (κ2) is 3.00. The Morgan fingerprint density at radius 2 is 2.08 bits per heavy atom. The molecule has 1 aliphatic carbocycles. The Kier molecular flexibility index (Phi) is 2.09. The fraction of sp³-hybridized carbons (Fsp3) is 0.455. The van der Waals surface area contributed by atoms with E-state index >= 15 is 0 Å². The number of nitrogens with two attached hydrogens (primary N) is 1. The third kappa shape index (κ3) is 1.59. The Hall–Kier alpha value is -0.530. The highest BCUT2D eigenvalue weighted by atomic mass is 35.5. The van der Waals surface area contributed by atoms with E-state index in [0.717, 1.165) is 17.9 Å². The smallest absolute Gasteiger partial charge is 0.0406 e. The van der Waals surface area contributed by atoms with Gasteiger partial charge < -0.3 is 5.73 Å². The summed E-state index contributed by atoms with van der Waals surface area (Å²) < 4.78 is 0. The summed E-state index contributed by atoms with van der Waals surface area (Å²) >= 11 is 5.81. The monoisotopic (exact) mass is 195 g/mol. The minimum absolute atomic E-state index is 0.0633. The first-order valence-corrected chi connectivity index (χ1v) is 5.08. The first-order valence-electron chi connectivity index (χ1n) is 4.70. The molecule has 2 atom stereocenters. The summed E-state index contributed by atoms with van der Waals surface area (Å²) in [6.45, 7) is 2.15. The Bertz CT molecular complexity index is 306. The van der Waals surface area contributed by atoms with Gasteiger partial charge in [-0.25, -0.2) is 0 Å². The Labute approximate surface area is 83.9 Å². The second-order valence-corrected chi connectivity index (χ2v) is 4.33. The van der Waals surface area contributed by atoms with Gasteiger partial charge in [0.25, 0.3) is 0 Å². The van der Waals surface area contributed by atoms with Crippen LogP contribution in [0.3, 0.4) is 0 Å². The number of hydrogen-bond donors (Lipinski definition) is 1. The first kappa shape index (κ1) is 9.04. The zero-order chi connectivity index (χ0) is 9.47. The van der Waals surface area contributed by atoms with Gasteiger partial charge in [-0.2, -0.15) is 0 Å². The molecule has 0 aliphatic heterocycles. The molecule has 2 N–H and O–H groups in total. The molecule has 0 bridgehead atoms. The van der Waals surface area contributed by atoms with Crippen molar-refractivity contribution in [2.75, 3.05) is 0 Å². The van der Waals surface area contributed by atoms with Crippen LogP contribution in [-0.4, -0.2) is 5.54 Å². The van der Waals surface area contributed by atoms with Crippen molar-refractivity contribution in [3.8, 4) is 0 Å². The molecule has 0 heterocycles. The molecule has 2 rings (SSSR count). The lowest BCUT2D eigenvalue weighted by molar-refractivity contribution is 0.626. The van der Waals surface area contributed by atoms with Gasteiger partial charge in [-0.15, -0.1) is 0 Å². The maximum Gasteiger partial charge on any atom is 0.0406 e. The van der Waals surface area contributed by atoms with Gasteiger partial charge in [0.05, 0.1) is 0 Å². The molecule has 1 aromatic carbocycles. The molecule has 0 amide bonds. The third-order valence-electron chi connectivity index (χ3n) is 3.05. The van der Waals surface area contributed by atoms with Crippen LogP contribution in [0.1, 0.15) is 31.2 Å². The Balaban J connectivity index is 2.16. The van der Waals surface area contributed by atoms with Gasteiger partial charge in [0.1, 0.15) is 0 Å². The lowest BCUT2D eigenvalue weighted by atomic mass is 10.1. The van der Waals surface area contributed by atoms with Crippen molar-refractivity contribution >= 4 is 11.6 Å². The molecule has 1 fully saturated rings. The largest absolute Gasteiger partial charge is 0.325 e. The standard InChI is InChI=1S/C11H14ClN/c1-2-11(13)7-10(11)8-3-5-9(12)6-4-8/h3-6,10H,2,7,13H2,1H3/t10-,11+/m1/s1. The highest BCUT2D eigenvalue weighted by molar-refractivity contribution is 6.30. The molecular weight excluding hydrogens is 182 g/mol.